The van der Waals surface area contributed by atoms with Gasteiger partial charge in [-0.1, -0.05) is 17.7 Å². The molecule has 1 unspecified atom stereocenters. The molecule has 148 valence electrons. The minimum Gasteiger partial charge on any atom is -0.338 e. The Hall–Kier alpha value is -2.74. The number of carbonyl (C=O) groups excluding carboxylic acids is 2. The van der Waals surface area contributed by atoms with Crippen molar-refractivity contribution in [1.29, 1.82) is 0 Å². The first-order valence-electron chi connectivity index (χ1n) is 8.50. The highest BCUT2D eigenvalue weighted by Gasteiger charge is 2.31. The molecule has 0 bridgehead atoms. The molecule has 0 aliphatic carbocycles. The molecule has 0 saturated carbocycles. The van der Waals surface area contributed by atoms with Gasteiger partial charge < -0.3 is 15.5 Å². The van der Waals surface area contributed by atoms with Gasteiger partial charge in [-0.15, -0.1) is 0 Å². The van der Waals surface area contributed by atoms with E-state index in [1.54, 1.807) is 29.2 Å². The van der Waals surface area contributed by atoms with Crippen molar-refractivity contribution in [1.82, 2.24) is 5.32 Å². The molecule has 9 heteroatoms. The van der Waals surface area contributed by atoms with Crippen molar-refractivity contribution in [3.63, 3.8) is 0 Å². The van der Waals surface area contributed by atoms with Gasteiger partial charge in [0.05, 0.1) is 5.56 Å². The maximum Gasteiger partial charge on any atom is 0.416 e. The van der Waals surface area contributed by atoms with Crippen LogP contribution in [0, 0.1) is 5.92 Å². The fraction of sp³-hybridized carbons (Fsp3) is 0.263. The fourth-order valence-electron chi connectivity index (χ4n) is 2.97. The summed E-state index contributed by atoms with van der Waals surface area (Å²) in [5.74, 6) is -0.164. The maximum absolute atomic E-state index is 12.7. The number of nitrogens with one attached hydrogen (secondary N) is 2. The number of anilines is 2. The molecule has 1 fully saturated rings. The Morgan fingerprint density at radius 1 is 1.18 bits per heavy atom. The molecule has 1 atom stereocenters. The molecule has 2 aromatic carbocycles. The Labute approximate surface area is 164 Å². The molecule has 1 saturated heterocycles. The summed E-state index contributed by atoms with van der Waals surface area (Å²) < 4.78 is 38.2. The summed E-state index contributed by atoms with van der Waals surface area (Å²) in [6.45, 7) is 0.658. The Morgan fingerprint density at radius 2 is 1.89 bits per heavy atom. The zero-order valence-electron chi connectivity index (χ0n) is 14.6. The number of benzene rings is 2. The highest BCUT2D eigenvalue weighted by atomic mass is 35.5. The van der Waals surface area contributed by atoms with E-state index in [0.29, 0.717) is 11.6 Å². The first kappa shape index (κ1) is 20.0. The quantitative estimate of drug-likeness (QED) is 0.776. The van der Waals surface area contributed by atoms with Gasteiger partial charge in [-0.3, -0.25) is 4.79 Å². The van der Waals surface area contributed by atoms with Crippen LogP contribution in [0.3, 0.4) is 0 Å². The Bertz CT molecular complexity index is 871. The highest BCUT2D eigenvalue weighted by Crippen LogP contribution is 2.30. The molecule has 0 aromatic heterocycles. The van der Waals surface area contributed by atoms with Crippen LogP contribution in [0.2, 0.25) is 5.02 Å². The Kier molecular flexibility index (Phi) is 5.79. The molecule has 28 heavy (non-hydrogen) atoms. The van der Waals surface area contributed by atoms with Gasteiger partial charge in [-0.2, -0.15) is 13.2 Å². The van der Waals surface area contributed by atoms with Crippen molar-refractivity contribution in [3.05, 3.63) is 59.1 Å². The van der Waals surface area contributed by atoms with Gasteiger partial charge in [-0.05, 0) is 42.5 Å². The lowest BCUT2D eigenvalue weighted by Crippen LogP contribution is -2.34. The second-order valence-electron chi connectivity index (χ2n) is 6.46. The molecule has 1 aliphatic heterocycles. The number of halogens is 4. The number of rotatable bonds is 4. The Morgan fingerprint density at radius 3 is 2.57 bits per heavy atom. The number of urea groups is 1. The van der Waals surface area contributed by atoms with E-state index in [1.807, 2.05) is 0 Å². The van der Waals surface area contributed by atoms with Crippen LogP contribution in [0.5, 0.6) is 0 Å². The van der Waals surface area contributed by atoms with Crippen LogP contribution in [0.4, 0.5) is 29.3 Å². The van der Waals surface area contributed by atoms with Crippen molar-refractivity contribution < 1.29 is 22.8 Å². The van der Waals surface area contributed by atoms with Crippen molar-refractivity contribution in [2.75, 3.05) is 23.3 Å². The van der Waals surface area contributed by atoms with Crippen molar-refractivity contribution in [2.45, 2.75) is 12.6 Å². The molecular weight excluding hydrogens is 395 g/mol. The summed E-state index contributed by atoms with van der Waals surface area (Å²) >= 11 is 5.85. The minimum absolute atomic E-state index is 0.0395. The predicted octanol–water partition coefficient (Wildman–Crippen LogP) is 4.53. The summed E-state index contributed by atoms with van der Waals surface area (Å²) in [6.07, 6.45) is -4.21. The summed E-state index contributed by atoms with van der Waals surface area (Å²) in [5, 5.41) is 5.55. The standard InChI is InChI=1S/C19H17ClF3N3O2/c20-14-4-6-16(7-5-14)26-11-12(8-17(26)27)10-24-18(28)25-15-3-1-2-13(9-15)19(21,22)23/h1-7,9,12H,8,10-11H2,(H2,24,25,28). The molecule has 1 aliphatic rings. The van der Waals surface area contributed by atoms with E-state index in [9.17, 15) is 22.8 Å². The van der Waals surface area contributed by atoms with Gasteiger partial charge in [0.1, 0.15) is 0 Å². The highest BCUT2D eigenvalue weighted by molar-refractivity contribution is 6.30. The SMILES string of the molecule is O=C(NCC1CC(=O)N(c2ccc(Cl)cc2)C1)Nc1cccc(C(F)(F)F)c1. The largest absolute Gasteiger partial charge is 0.416 e. The summed E-state index contributed by atoms with van der Waals surface area (Å²) in [6, 6.07) is 10.6. The van der Waals surface area contributed by atoms with Crippen LogP contribution in [0.15, 0.2) is 48.5 Å². The third-order valence-corrected chi connectivity index (χ3v) is 4.59. The van der Waals surface area contributed by atoms with Gasteiger partial charge >= 0.3 is 12.2 Å². The number of amides is 3. The average Bonchev–Trinajstić information content (AvgIpc) is 3.01. The summed E-state index contributed by atoms with van der Waals surface area (Å²) in [7, 11) is 0. The van der Waals surface area contributed by atoms with Gasteiger partial charge in [-0.25, -0.2) is 4.79 Å². The molecule has 2 aromatic rings. The second kappa shape index (κ2) is 8.10. The fourth-order valence-corrected chi connectivity index (χ4v) is 3.10. The van der Waals surface area contributed by atoms with E-state index in [4.69, 9.17) is 11.6 Å². The number of hydrogen-bond donors (Lipinski definition) is 2. The lowest BCUT2D eigenvalue weighted by Gasteiger charge is -2.17. The van der Waals surface area contributed by atoms with Crippen molar-refractivity contribution in [3.8, 4) is 0 Å². The van der Waals surface area contributed by atoms with Crippen LogP contribution in [-0.4, -0.2) is 25.0 Å². The average molecular weight is 412 g/mol. The predicted molar refractivity (Wildman–Crippen MR) is 100 cm³/mol. The molecule has 1 heterocycles. The first-order valence-corrected chi connectivity index (χ1v) is 8.88. The van der Waals surface area contributed by atoms with Crippen LogP contribution >= 0.6 is 11.6 Å². The number of alkyl halides is 3. The van der Waals surface area contributed by atoms with Gasteiger partial charge in [0.2, 0.25) is 5.91 Å². The molecular formula is C19H17ClF3N3O2. The molecule has 3 rings (SSSR count). The summed E-state index contributed by atoms with van der Waals surface area (Å²) in [4.78, 5) is 25.8. The van der Waals surface area contributed by atoms with Crippen LogP contribution in [0.25, 0.3) is 0 Å². The molecule has 3 amide bonds. The monoisotopic (exact) mass is 411 g/mol. The normalized spacial score (nSPS) is 16.9. The smallest absolute Gasteiger partial charge is 0.338 e. The second-order valence-corrected chi connectivity index (χ2v) is 6.90. The van der Waals surface area contributed by atoms with Crippen LogP contribution in [0.1, 0.15) is 12.0 Å². The molecule has 2 N–H and O–H groups in total. The lowest BCUT2D eigenvalue weighted by atomic mass is 10.1. The van der Waals surface area contributed by atoms with E-state index >= 15 is 0 Å². The Balaban J connectivity index is 1.53. The number of hydrogen-bond acceptors (Lipinski definition) is 2. The van der Waals surface area contributed by atoms with Gasteiger partial charge in [0.15, 0.2) is 0 Å². The third-order valence-electron chi connectivity index (χ3n) is 4.34. The lowest BCUT2D eigenvalue weighted by molar-refractivity contribution is -0.137. The topological polar surface area (TPSA) is 61.4 Å². The van der Waals surface area contributed by atoms with E-state index in [2.05, 4.69) is 10.6 Å². The number of nitrogens with zero attached hydrogens (tertiary/aromatic N) is 1. The minimum atomic E-state index is -4.48. The van der Waals surface area contributed by atoms with Crippen molar-refractivity contribution in [2.24, 2.45) is 5.92 Å². The van der Waals surface area contributed by atoms with Gasteiger partial charge in [0.25, 0.3) is 0 Å². The zero-order valence-corrected chi connectivity index (χ0v) is 15.3. The zero-order chi connectivity index (χ0) is 20.3. The van der Waals surface area contributed by atoms with Crippen LogP contribution < -0.4 is 15.5 Å². The maximum atomic E-state index is 12.7. The molecule has 0 radical (unpaired) electrons. The van der Waals surface area contributed by atoms with Crippen LogP contribution in [-0.2, 0) is 11.0 Å². The van der Waals surface area contributed by atoms with Crippen molar-refractivity contribution >= 4 is 34.9 Å². The van der Waals surface area contributed by atoms with E-state index < -0.39 is 17.8 Å². The van der Waals surface area contributed by atoms with E-state index in [0.717, 1.165) is 17.8 Å². The molecule has 5 nitrogen and oxygen atoms in total. The third kappa shape index (κ3) is 4.95. The first-order chi connectivity index (χ1) is 13.2. The molecule has 0 spiro atoms. The van der Waals surface area contributed by atoms with Gasteiger partial charge in [0, 0.05) is 41.8 Å². The van der Waals surface area contributed by atoms with E-state index in [-0.39, 0.29) is 30.5 Å². The summed E-state index contributed by atoms with van der Waals surface area (Å²) in [5.41, 5.74) is -0.0757. The van der Waals surface area contributed by atoms with E-state index in [1.165, 1.54) is 12.1 Å². The number of carbonyl (C=O) groups is 2.